The van der Waals surface area contributed by atoms with Gasteiger partial charge < -0.3 is 10.4 Å². The molecule has 0 bridgehead atoms. The maximum absolute atomic E-state index is 11.0. The molecule has 4 heteroatoms. The third-order valence-corrected chi connectivity index (χ3v) is 3.69. The van der Waals surface area contributed by atoms with Gasteiger partial charge in [0, 0.05) is 24.5 Å². The fraction of sp³-hybridized carbons (Fsp3) is 0.571. The molecule has 18 heavy (non-hydrogen) atoms. The monoisotopic (exact) mass is 248 g/mol. The summed E-state index contributed by atoms with van der Waals surface area (Å²) in [6.07, 6.45) is 7.23. The molecule has 2 N–H and O–H groups in total. The summed E-state index contributed by atoms with van der Waals surface area (Å²) < 4.78 is 0. The first-order chi connectivity index (χ1) is 8.66. The third-order valence-electron chi connectivity index (χ3n) is 3.69. The van der Waals surface area contributed by atoms with Crippen LogP contribution in [0.3, 0.4) is 0 Å². The van der Waals surface area contributed by atoms with Crippen LogP contribution in [0.15, 0.2) is 24.5 Å². The van der Waals surface area contributed by atoms with Gasteiger partial charge in [0.15, 0.2) is 0 Å². The van der Waals surface area contributed by atoms with E-state index in [1.165, 1.54) is 0 Å². The van der Waals surface area contributed by atoms with Crippen LogP contribution in [0.1, 0.15) is 44.2 Å². The Hall–Kier alpha value is -1.42. The Kier molecular flexibility index (Phi) is 4.31. The Morgan fingerprint density at radius 2 is 2.39 bits per heavy atom. The first-order valence-electron chi connectivity index (χ1n) is 6.55. The lowest BCUT2D eigenvalue weighted by Gasteiger charge is -2.30. The molecule has 0 radical (unpaired) electrons. The van der Waals surface area contributed by atoms with E-state index >= 15 is 0 Å². The van der Waals surface area contributed by atoms with Gasteiger partial charge in [-0.25, -0.2) is 0 Å². The molecule has 0 spiro atoms. The Morgan fingerprint density at radius 3 is 3.06 bits per heavy atom. The number of aliphatic carboxylic acids is 1. The quantitative estimate of drug-likeness (QED) is 0.858. The van der Waals surface area contributed by atoms with Gasteiger partial charge in [0.1, 0.15) is 0 Å². The molecule has 0 amide bonds. The van der Waals surface area contributed by atoms with Gasteiger partial charge in [-0.3, -0.25) is 9.78 Å². The van der Waals surface area contributed by atoms with Crippen LogP contribution in [0, 0.1) is 5.92 Å². The molecule has 1 aromatic heterocycles. The zero-order valence-electron chi connectivity index (χ0n) is 10.7. The standard InChI is InChI=1S/C14H20N2O2/c1-10(12-5-3-7-15-9-12)16-13-6-2-4-11(8-13)14(17)18/h3,5,7,9-11,13,16H,2,4,6,8H2,1H3,(H,17,18). The Morgan fingerprint density at radius 1 is 1.56 bits per heavy atom. The minimum atomic E-state index is -0.657. The second kappa shape index (κ2) is 5.96. The summed E-state index contributed by atoms with van der Waals surface area (Å²) in [5.41, 5.74) is 1.15. The minimum Gasteiger partial charge on any atom is -0.481 e. The van der Waals surface area contributed by atoms with Crippen molar-refractivity contribution in [1.82, 2.24) is 10.3 Å². The maximum Gasteiger partial charge on any atom is 0.306 e. The summed E-state index contributed by atoms with van der Waals surface area (Å²) in [6, 6.07) is 4.49. The van der Waals surface area contributed by atoms with E-state index in [1.54, 1.807) is 6.20 Å². The van der Waals surface area contributed by atoms with E-state index in [0.717, 1.165) is 31.2 Å². The van der Waals surface area contributed by atoms with Crippen LogP contribution in [0.2, 0.25) is 0 Å². The summed E-state index contributed by atoms with van der Waals surface area (Å²) in [5.74, 6) is -0.840. The molecule has 98 valence electrons. The van der Waals surface area contributed by atoms with Crippen molar-refractivity contribution < 1.29 is 9.90 Å². The molecule has 1 saturated carbocycles. The van der Waals surface area contributed by atoms with Gasteiger partial charge in [-0.15, -0.1) is 0 Å². The fourth-order valence-corrected chi connectivity index (χ4v) is 2.65. The highest BCUT2D eigenvalue weighted by Gasteiger charge is 2.27. The lowest BCUT2D eigenvalue weighted by atomic mass is 9.85. The van der Waals surface area contributed by atoms with Crippen molar-refractivity contribution in [2.45, 2.75) is 44.7 Å². The van der Waals surface area contributed by atoms with Crippen molar-refractivity contribution in [2.75, 3.05) is 0 Å². The van der Waals surface area contributed by atoms with E-state index in [2.05, 4.69) is 17.2 Å². The van der Waals surface area contributed by atoms with Crippen LogP contribution in [0.5, 0.6) is 0 Å². The average molecular weight is 248 g/mol. The van der Waals surface area contributed by atoms with E-state index in [-0.39, 0.29) is 12.0 Å². The molecule has 2 rings (SSSR count). The molecule has 1 heterocycles. The molecule has 0 aliphatic heterocycles. The van der Waals surface area contributed by atoms with E-state index in [4.69, 9.17) is 5.11 Å². The number of nitrogens with zero attached hydrogens (tertiary/aromatic N) is 1. The fourth-order valence-electron chi connectivity index (χ4n) is 2.65. The maximum atomic E-state index is 11.0. The van der Waals surface area contributed by atoms with Crippen molar-refractivity contribution in [2.24, 2.45) is 5.92 Å². The molecular weight excluding hydrogens is 228 g/mol. The molecule has 1 aliphatic rings. The molecule has 4 nitrogen and oxygen atoms in total. The highest BCUT2D eigenvalue weighted by atomic mass is 16.4. The van der Waals surface area contributed by atoms with Gasteiger partial charge in [-0.1, -0.05) is 12.5 Å². The summed E-state index contributed by atoms with van der Waals surface area (Å²) in [5, 5.41) is 12.6. The number of pyridine rings is 1. The van der Waals surface area contributed by atoms with Crippen molar-refractivity contribution >= 4 is 5.97 Å². The third kappa shape index (κ3) is 3.29. The second-order valence-corrected chi connectivity index (χ2v) is 5.07. The predicted octanol–water partition coefficient (Wildman–Crippen LogP) is 2.38. The number of nitrogens with one attached hydrogen (secondary N) is 1. The zero-order valence-corrected chi connectivity index (χ0v) is 10.7. The summed E-state index contributed by atoms with van der Waals surface area (Å²) in [7, 11) is 0. The number of rotatable bonds is 4. The van der Waals surface area contributed by atoms with Gasteiger partial charge in [-0.05, 0) is 37.8 Å². The molecule has 0 saturated heterocycles. The Labute approximate surface area is 107 Å². The molecule has 3 unspecified atom stereocenters. The van der Waals surface area contributed by atoms with Crippen LogP contribution in [0.4, 0.5) is 0 Å². The number of aromatic nitrogens is 1. The van der Waals surface area contributed by atoms with E-state index in [0.29, 0.717) is 6.04 Å². The van der Waals surface area contributed by atoms with Gasteiger partial charge in [0.2, 0.25) is 0 Å². The van der Waals surface area contributed by atoms with E-state index in [9.17, 15) is 4.79 Å². The number of carboxylic acids is 1. The van der Waals surface area contributed by atoms with Gasteiger partial charge in [-0.2, -0.15) is 0 Å². The molecule has 3 atom stereocenters. The van der Waals surface area contributed by atoms with Gasteiger partial charge in [0.25, 0.3) is 0 Å². The van der Waals surface area contributed by atoms with Crippen molar-refractivity contribution in [1.29, 1.82) is 0 Å². The first kappa shape index (κ1) is 13.0. The summed E-state index contributed by atoms with van der Waals surface area (Å²) >= 11 is 0. The zero-order chi connectivity index (χ0) is 13.0. The lowest BCUT2D eigenvalue weighted by molar-refractivity contribution is -0.143. The number of hydrogen-bond acceptors (Lipinski definition) is 3. The molecular formula is C14H20N2O2. The van der Waals surface area contributed by atoms with Gasteiger partial charge in [0.05, 0.1) is 5.92 Å². The summed E-state index contributed by atoms with van der Waals surface area (Å²) in [4.78, 5) is 15.1. The van der Waals surface area contributed by atoms with E-state index < -0.39 is 5.97 Å². The second-order valence-electron chi connectivity index (χ2n) is 5.07. The smallest absolute Gasteiger partial charge is 0.306 e. The van der Waals surface area contributed by atoms with Crippen LogP contribution in [0.25, 0.3) is 0 Å². The summed E-state index contributed by atoms with van der Waals surface area (Å²) in [6.45, 7) is 2.10. The van der Waals surface area contributed by atoms with Crippen molar-refractivity contribution in [3.05, 3.63) is 30.1 Å². The highest BCUT2D eigenvalue weighted by Crippen LogP contribution is 2.26. The van der Waals surface area contributed by atoms with Gasteiger partial charge >= 0.3 is 5.97 Å². The molecule has 1 aliphatic carbocycles. The minimum absolute atomic E-state index is 0.183. The normalized spacial score (nSPS) is 25.6. The van der Waals surface area contributed by atoms with Crippen LogP contribution < -0.4 is 5.32 Å². The van der Waals surface area contributed by atoms with E-state index in [1.807, 2.05) is 18.3 Å². The van der Waals surface area contributed by atoms with Crippen molar-refractivity contribution in [3.8, 4) is 0 Å². The Bertz CT molecular complexity index is 394. The predicted molar refractivity (Wildman–Crippen MR) is 69.2 cm³/mol. The topological polar surface area (TPSA) is 62.2 Å². The molecule has 1 fully saturated rings. The largest absolute Gasteiger partial charge is 0.481 e. The number of hydrogen-bond donors (Lipinski definition) is 2. The van der Waals surface area contributed by atoms with Crippen LogP contribution in [-0.2, 0) is 4.79 Å². The van der Waals surface area contributed by atoms with Crippen LogP contribution in [-0.4, -0.2) is 22.1 Å². The molecule has 0 aromatic carbocycles. The van der Waals surface area contributed by atoms with Crippen molar-refractivity contribution in [3.63, 3.8) is 0 Å². The average Bonchev–Trinajstić information content (AvgIpc) is 2.40. The molecule has 1 aromatic rings. The highest BCUT2D eigenvalue weighted by molar-refractivity contribution is 5.70. The Balaban J connectivity index is 1.91. The SMILES string of the molecule is CC(NC1CCCC(C(=O)O)C1)c1cccnc1. The van der Waals surface area contributed by atoms with Crippen LogP contribution >= 0.6 is 0 Å². The number of carboxylic acid groups (broad SMARTS) is 1. The first-order valence-corrected chi connectivity index (χ1v) is 6.55. The lowest BCUT2D eigenvalue weighted by Crippen LogP contribution is -2.37. The number of carbonyl (C=O) groups is 1.